The summed E-state index contributed by atoms with van der Waals surface area (Å²) in [4.78, 5) is 5.12. The maximum absolute atomic E-state index is 10.0. The van der Waals surface area contributed by atoms with E-state index < -0.39 is 0 Å². The average Bonchev–Trinajstić information content (AvgIpc) is 2.24. The first-order valence-corrected chi connectivity index (χ1v) is 6.09. The van der Waals surface area contributed by atoms with Crippen LogP contribution in [0.2, 0.25) is 0 Å². The number of phenolic OH excluding ortho intramolecular Hbond substituents is 1. The molecule has 0 bridgehead atoms. The lowest BCUT2D eigenvalue weighted by atomic mass is 9.98. The van der Waals surface area contributed by atoms with E-state index in [9.17, 15) is 5.11 Å². The molecule has 1 N–H and O–H groups in total. The summed E-state index contributed by atoms with van der Waals surface area (Å²) in [7, 11) is 0. The van der Waals surface area contributed by atoms with Gasteiger partial charge in [-0.2, -0.15) is 0 Å². The molecule has 3 nitrogen and oxygen atoms in total. The zero-order valence-electron chi connectivity index (χ0n) is 11.1. The van der Waals surface area contributed by atoms with Crippen LogP contribution in [0.4, 0.5) is 0 Å². The van der Waals surface area contributed by atoms with E-state index in [1.54, 1.807) is 6.07 Å². The minimum absolute atomic E-state index is 0.286. The minimum atomic E-state index is 0.286. The van der Waals surface area contributed by atoms with Gasteiger partial charge in [0.25, 0.3) is 0 Å². The lowest BCUT2D eigenvalue weighted by molar-refractivity contribution is 0.158. The van der Waals surface area contributed by atoms with E-state index in [1.165, 1.54) is 0 Å². The number of nitrogens with zero attached hydrogens (tertiary/aromatic N) is 1. The molecular weight excluding hydrogens is 214 g/mol. The van der Waals surface area contributed by atoms with Gasteiger partial charge in [0.05, 0.1) is 5.71 Å². The molecular formula is C14H21NO2. The molecule has 0 aliphatic rings. The molecule has 0 aromatic heterocycles. The molecule has 0 amide bonds. The number of benzene rings is 1. The Morgan fingerprint density at radius 1 is 1.29 bits per heavy atom. The summed E-state index contributed by atoms with van der Waals surface area (Å²) >= 11 is 0. The van der Waals surface area contributed by atoms with Gasteiger partial charge >= 0.3 is 0 Å². The Bertz CT molecular complexity index is 388. The van der Waals surface area contributed by atoms with Crippen LogP contribution in [0.15, 0.2) is 17.3 Å². The van der Waals surface area contributed by atoms with E-state index in [2.05, 4.69) is 12.1 Å². The highest BCUT2D eigenvalue weighted by Crippen LogP contribution is 2.25. The van der Waals surface area contributed by atoms with Crippen molar-refractivity contribution in [3.8, 4) is 5.75 Å². The highest BCUT2D eigenvalue weighted by Gasteiger charge is 2.13. The minimum Gasteiger partial charge on any atom is -0.507 e. The molecule has 94 valence electrons. The molecule has 1 rings (SSSR count). The summed E-state index contributed by atoms with van der Waals surface area (Å²) < 4.78 is 0. The number of rotatable bonds is 5. The lowest BCUT2D eigenvalue weighted by Crippen LogP contribution is -2.05. The molecule has 0 saturated carbocycles. The quantitative estimate of drug-likeness (QED) is 0.626. The smallest absolute Gasteiger partial charge is 0.125 e. The van der Waals surface area contributed by atoms with Crippen LogP contribution < -0.4 is 0 Å². The second-order valence-electron chi connectivity index (χ2n) is 4.18. The Balaban J connectivity index is 3.18. The van der Waals surface area contributed by atoms with E-state index in [0.717, 1.165) is 35.2 Å². The highest BCUT2D eigenvalue weighted by molar-refractivity contribution is 6.03. The molecule has 0 heterocycles. The van der Waals surface area contributed by atoms with Crippen molar-refractivity contribution < 1.29 is 9.94 Å². The van der Waals surface area contributed by atoms with Gasteiger partial charge in [-0.25, -0.2) is 0 Å². The van der Waals surface area contributed by atoms with Crippen molar-refractivity contribution in [2.24, 2.45) is 5.16 Å². The van der Waals surface area contributed by atoms with Crippen molar-refractivity contribution in [3.63, 3.8) is 0 Å². The first-order chi connectivity index (χ1) is 8.10. The molecule has 0 atom stereocenters. The van der Waals surface area contributed by atoms with E-state index in [4.69, 9.17) is 4.84 Å². The maximum atomic E-state index is 10.0. The van der Waals surface area contributed by atoms with Crippen LogP contribution in [0, 0.1) is 13.8 Å². The number of oxime groups is 1. The Morgan fingerprint density at radius 3 is 2.53 bits per heavy atom. The van der Waals surface area contributed by atoms with Gasteiger partial charge in [-0.1, -0.05) is 24.6 Å². The van der Waals surface area contributed by atoms with Gasteiger partial charge in [0.2, 0.25) is 0 Å². The summed E-state index contributed by atoms with van der Waals surface area (Å²) in [5.74, 6) is 0.286. The van der Waals surface area contributed by atoms with Crippen LogP contribution in [0.1, 0.15) is 43.4 Å². The third-order valence-electron chi connectivity index (χ3n) is 2.54. The fourth-order valence-electron chi connectivity index (χ4n) is 1.92. The lowest BCUT2D eigenvalue weighted by Gasteiger charge is -2.11. The standard InChI is InChI=1S/C14H21NO2/c1-5-7-12(15-17-6-2)14-11(4)8-10(3)9-13(14)16/h8-9,16H,5-7H2,1-4H3/b15-12+. The number of aryl methyl sites for hydroxylation is 2. The molecule has 0 unspecified atom stereocenters. The van der Waals surface area contributed by atoms with Crippen LogP contribution >= 0.6 is 0 Å². The second-order valence-corrected chi connectivity index (χ2v) is 4.18. The molecule has 0 fully saturated rings. The van der Waals surface area contributed by atoms with Gasteiger partial charge in [0.15, 0.2) is 0 Å². The van der Waals surface area contributed by atoms with E-state index in [0.29, 0.717) is 6.61 Å². The van der Waals surface area contributed by atoms with E-state index >= 15 is 0 Å². The summed E-state index contributed by atoms with van der Waals surface area (Å²) in [5.41, 5.74) is 3.72. The number of aromatic hydroxyl groups is 1. The van der Waals surface area contributed by atoms with Crippen LogP contribution in [0.25, 0.3) is 0 Å². The third kappa shape index (κ3) is 3.48. The SMILES string of the molecule is CCC/C(=N\OCC)c1c(C)cc(C)cc1O. The van der Waals surface area contributed by atoms with Gasteiger partial charge in [-0.3, -0.25) is 0 Å². The maximum Gasteiger partial charge on any atom is 0.125 e. The van der Waals surface area contributed by atoms with E-state index in [1.807, 2.05) is 26.8 Å². The summed E-state index contributed by atoms with van der Waals surface area (Å²) in [6, 6.07) is 3.81. The summed E-state index contributed by atoms with van der Waals surface area (Å²) in [5, 5.41) is 14.1. The van der Waals surface area contributed by atoms with Gasteiger partial charge in [0, 0.05) is 5.56 Å². The fourth-order valence-corrected chi connectivity index (χ4v) is 1.92. The molecule has 1 aromatic carbocycles. The molecule has 0 aliphatic carbocycles. The normalized spacial score (nSPS) is 11.6. The molecule has 0 spiro atoms. The Hall–Kier alpha value is -1.51. The van der Waals surface area contributed by atoms with Crippen LogP contribution in [-0.4, -0.2) is 17.4 Å². The molecule has 0 aliphatic heterocycles. The third-order valence-corrected chi connectivity index (χ3v) is 2.54. The van der Waals surface area contributed by atoms with Gasteiger partial charge in [-0.05, 0) is 44.4 Å². The molecule has 0 radical (unpaired) electrons. The number of hydrogen-bond donors (Lipinski definition) is 1. The van der Waals surface area contributed by atoms with Crippen molar-refractivity contribution in [3.05, 3.63) is 28.8 Å². The first-order valence-electron chi connectivity index (χ1n) is 6.09. The number of phenols is 1. The van der Waals surface area contributed by atoms with Gasteiger partial charge < -0.3 is 9.94 Å². The molecule has 0 saturated heterocycles. The Morgan fingerprint density at radius 2 is 2.00 bits per heavy atom. The highest BCUT2D eigenvalue weighted by atomic mass is 16.6. The molecule has 17 heavy (non-hydrogen) atoms. The topological polar surface area (TPSA) is 41.8 Å². The van der Waals surface area contributed by atoms with Crippen molar-refractivity contribution in [1.29, 1.82) is 0 Å². The van der Waals surface area contributed by atoms with Crippen LogP contribution in [0.3, 0.4) is 0 Å². The van der Waals surface area contributed by atoms with Crippen molar-refractivity contribution in [1.82, 2.24) is 0 Å². The number of hydrogen-bond acceptors (Lipinski definition) is 3. The second kappa shape index (κ2) is 6.28. The van der Waals surface area contributed by atoms with E-state index in [-0.39, 0.29) is 5.75 Å². The predicted molar refractivity (Wildman–Crippen MR) is 70.7 cm³/mol. The van der Waals surface area contributed by atoms with Crippen LogP contribution in [0.5, 0.6) is 5.75 Å². The molecule has 1 aromatic rings. The van der Waals surface area contributed by atoms with Crippen molar-refractivity contribution in [2.75, 3.05) is 6.61 Å². The zero-order valence-corrected chi connectivity index (χ0v) is 11.1. The fraction of sp³-hybridized carbons (Fsp3) is 0.500. The summed E-state index contributed by atoms with van der Waals surface area (Å²) in [6.45, 7) is 8.48. The van der Waals surface area contributed by atoms with Gasteiger partial charge in [0.1, 0.15) is 12.4 Å². The monoisotopic (exact) mass is 235 g/mol. The first kappa shape index (κ1) is 13.6. The predicted octanol–water partition coefficient (Wildman–Crippen LogP) is 3.55. The van der Waals surface area contributed by atoms with Crippen LogP contribution in [-0.2, 0) is 4.84 Å². The Labute approximate surface area is 103 Å². The Kier molecular flexibility index (Phi) is 5.01. The summed E-state index contributed by atoms with van der Waals surface area (Å²) in [6.07, 6.45) is 1.77. The average molecular weight is 235 g/mol. The molecule has 3 heteroatoms. The van der Waals surface area contributed by atoms with Crippen molar-refractivity contribution in [2.45, 2.75) is 40.5 Å². The zero-order chi connectivity index (χ0) is 12.8. The van der Waals surface area contributed by atoms with Crippen molar-refractivity contribution >= 4 is 5.71 Å². The van der Waals surface area contributed by atoms with Gasteiger partial charge in [-0.15, -0.1) is 0 Å². The largest absolute Gasteiger partial charge is 0.507 e.